The maximum absolute atomic E-state index is 13.6. The Hall–Kier alpha value is -3.10. The van der Waals surface area contributed by atoms with Gasteiger partial charge in [-0.25, -0.2) is 5.01 Å². The number of hydrogen-bond donors (Lipinski definition) is 0. The number of hydrogen-bond acceptors (Lipinski definition) is 5. The van der Waals surface area contributed by atoms with Gasteiger partial charge in [-0.2, -0.15) is 5.10 Å². The molecule has 2 atom stereocenters. The van der Waals surface area contributed by atoms with Gasteiger partial charge in [-0.3, -0.25) is 9.59 Å². The topological polar surface area (TPSA) is 59.0 Å². The summed E-state index contributed by atoms with van der Waals surface area (Å²) >= 11 is 17.3. The molecule has 1 heterocycles. The fourth-order valence-corrected chi connectivity index (χ4v) is 7.52. The molecule has 218 valence electrons. The van der Waals surface area contributed by atoms with Crippen LogP contribution < -0.4 is 0 Å². The van der Waals surface area contributed by atoms with E-state index in [1.54, 1.807) is 0 Å². The molecule has 1 fully saturated rings. The normalized spacial score (nSPS) is 18.9. The number of rotatable bonds is 7. The van der Waals surface area contributed by atoms with Gasteiger partial charge in [-0.05, 0) is 99.1 Å². The lowest BCUT2D eigenvalue weighted by atomic mass is 9.77. The lowest BCUT2D eigenvalue weighted by molar-refractivity contribution is -0.151. The molecule has 43 heavy (non-hydrogen) atoms. The third-order valence-electron chi connectivity index (χ3n) is 7.71. The smallest absolute Gasteiger partial charge is 0.316 e. The first-order chi connectivity index (χ1) is 20.9. The summed E-state index contributed by atoms with van der Waals surface area (Å²) in [4.78, 5) is 27.3. The molecular formula is C34H27BrCl2N2O3S. The maximum Gasteiger partial charge on any atom is 0.316 e. The van der Waals surface area contributed by atoms with Crippen molar-refractivity contribution in [2.45, 2.75) is 30.2 Å². The molecule has 0 N–H and O–H groups in total. The van der Waals surface area contributed by atoms with Gasteiger partial charge in [0.25, 0.3) is 5.91 Å². The van der Waals surface area contributed by atoms with E-state index in [9.17, 15) is 9.59 Å². The Morgan fingerprint density at radius 1 is 0.977 bits per heavy atom. The first-order valence-electron chi connectivity index (χ1n) is 14.0. The van der Waals surface area contributed by atoms with E-state index in [0.717, 1.165) is 61.8 Å². The van der Waals surface area contributed by atoms with Crippen LogP contribution in [0.5, 0.6) is 0 Å². The third-order valence-corrected chi connectivity index (χ3v) is 10.4. The van der Waals surface area contributed by atoms with E-state index < -0.39 is 5.97 Å². The number of halogens is 3. The lowest BCUT2D eigenvalue weighted by Gasteiger charge is -2.29. The quantitative estimate of drug-likeness (QED) is 0.143. The first kappa shape index (κ1) is 29.9. The van der Waals surface area contributed by atoms with Crippen molar-refractivity contribution in [2.75, 3.05) is 12.4 Å². The van der Waals surface area contributed by atoms with Crippen molar-refractivity contribution in [1.29, 1.82) is 0 Å². The predicted molar refractivity (Wildman–Crippen MR) is 179 cm³/mol. The second-order valence-corrected chi connectivity index (χ2v) is 13.2. The van der Waals surface area contributed by atoms with Crippen molar-refractivity contribution >= 4 is 85.3 Å². The minimum atomic E-state index is -0.464. The number of carbonyl (C=O) groups excluding carboxylic acids is 2. The summed E-state index contributed by atoms with van der Waals surface area (Å²) in [6.07, 6.45) is 4.86. The van der Waals surface area contributed by atoms with E-state index in [2.05, 4.69) is 22.0 Å². The number of ether oxygens (including phenoxy) is 1. The monoisotopic (exact) mass is 692 g/mol. The third kappa shape index (κ3) is 6.70. The fourth-order valence-electron chi connectivity index (χ4n) is 5.67. The number of fused-ring (bicyclic) bond motifs is 2. The summed E-state index contributed by atoms with van der Waals surface area (Å²) in [6, 6.07) is 26.9. The molecule has 1 saturated carbocycles. The largest absolute Gasteiger partial charge is 0.455 e. The summed E-state index contributed by atoms with van der Waals surface area (Å²) in [6.45, 7) is -0.387. The van der Waals surface area contributed by atoms with E-state index in [-0.39, 0.29) is 30.2 Å². The Bertz CT molecular complexity index is 1740. The molecule has 0 bridgehead atoms. The highest BCUT2D eigenvalue weighted by Crippen LogP contribution is 2.44. The van der Waals surface area contributed by atoms with Crippen molar-refractivity contribution in [3.63, 3.8) is 0 Å². The summed E-state index contributed by atoms with van der Waals surface area (Å²) in [5.74, 6) is -0.725. The van der Waals surface area contributed by atoms with Crippen LogP contribution in [0.2, 0.25) is 10.0 Å². The number of esters is 1. The van der Waals surface area contributed by atoms with Gasteiger partial charge in [0, 0.05) is 25.3 Å². The molecule has 9 heteroatoms. The number of hydrazone groups is 1. The molecule has 0 saturated heterocycles. The van der Waals surface area contributed by atoms with E-state index in [1.807, 2.05) is 84.9 Å². The molecule has 1 amide bonds. The SMILES string of the molecule is O=C(CSc1ccc2ccccc2c1Br)OCC(=O)N1N=C2C(=Cc3ccc(Cl)cc3)CCCC2C1c1ccc(Cl)cc1. The molecule has 2 aliphatic rings. The van der Waals surface area contributed by atoms with Crippen molar-refractivity contribution in [3.05, 3.63) is 116 Å². The minimum Gasteiger partial charge on any atom is -0.455 e. The van der Waals surface area contributed by atoms with Crippen LogP contribution >= 0.6 is 50.9 Å². The highest BCUT2D eigenvalue weighted by molar-refractivity contribution is 9.10. The number of thioether (sulfide) groups is 1. The van der Waals surface area contributed by atoms with Gasteiger partial charge in [0.15, 0.2) is 6.61 Å². The van der Waals surface area contributed by atoms with E-state index in [4.69, 9.17) is 33.0 Å². The van der Waals surface area contributed by atoms with Crippen LogP contribution in [-0.4, -0.2) is 35.0 Å². The Morgan fingerprint density at radius 2 is 1.70 bits per heavy atom. The van der Waals surface area contributed by atoms with Crippen LogP contribution in [0.25, 0.3) is 16.8 Å². The molecule has 4 aromatic rings. The number of allylic oxidation sites excluding steroid dienone is 1. The molecule has 2 unspecified atom stereocenters. The highest BCUT2D eigenvalue weighted by Gasteiger charge is 2.43. The summed E-state index contributed by atoms with van der Waals surface area (Å²) in [7, 11) is 0. The van der Waals surface area contributed by atoms with Gasteiger partial charge in [-0.15, -0.1) is 11.8 Å². The van der Waals surface area contributed by atoms with Gasteiger partial charge in [-0.1, -0.05) is 77.8 Å². The number of amides is 1. The van der Waals surface area contributed by atoms with Gasteiger partial charge < -0.3 is 4.74 Å². The van der Waals surface area contributed by atoms with Crippen LogP contribution in [0.4, 0.5) is 0 Å². The molecular weight excluding hydrogens is 667 g/mol. The average Bonchev–Trinajstić information content (AvgIpc) is 3.42. The summed E-state index contributed by atoms with van der Waals surface area (Å²) in [5, 5.41) is 9.86. The van der Waals surface area contributed by atoms with Crippen molar-refractivity contribution in [2.24, 2.45) is 11.0 Å². The van der Waals surface area contributed by atoms with Gasteiger partial charge in [0.05, 0.1) is 17.5 Å². The molecule has 5 nitrogen and oxygen atoms in total. The van der Waals surface area contributed by atoms with E-state index >= 15 is 0 Å². The zero-order valence-electron chi connectivity index (χ0n) is 23.0. The Kier molecular flexibility index (Phi) is 9.24. The Balaban J connectivity index is 1.18. The van der Waals surface area contributed by atoms with Crippen LogP contribution in [0.1, 0.15) is 36.4 Å². The molecule has 1 aliphatic heterocycles. The second-order valence-electron chi connectivity index (χ2n) is 10.5. The molecule has 0 aromatic heterocycles. The standard InChI is InChI=1S/C34H27BrCl2N2O3S/c35-32-27-6-2-1-4-22(27)12-17-29(32)43-20-31(41)42-19-30(40)39-34(23-10-15-26(37)16-11-23)28-7-3-5-24(33(28)38-39)18-21-8-13-25(36)14-9-21/h1-2,4,6,8-18,28,34H,3,5,7,19-20H2. The molecule has 0 radical (unpaired) electrons. The van der Waals surface area contributed by atoms with E-state index in [0.29, 0.717) is 10.0 Å². The number of carbonyl (C=O) groups is 2. The molecule has 4 aromatic carbocycles. The first-order valence-corrected chi connectivity index (χ1v) is 16.5. The molecule has 6 rings (SSSR count). The maximum atomic E-state index is 13.6. The lowest BCUT2D eigenvalue weighted by Crippen LogP contribution is -2.34. The average molecular weight is 694 g/mol. The second kappa shape index (κ2) is 13.3. The Labute approximate surface area is 273 Å². The van der Waals surface area contributed by atoms with Crippen LogP contribution in [0.15, 0.2) is 105 Å². The number of nitrogens with zero attached hydrogens (tertiary/aromatic N) is 2. The highest BCUT2D eigenvalue weighted by atomic mass is 79.9. The van der Waals surface area contributed by atoms with Crippen LogP contribution in [-0.2, 0) is 14.3 Å². The molecule has 1 aliphatic carbocycles. The van der Waals surface area contributed by atoms with Crippen molar-refractivity contribution < 1.29 is 14.3 Å². The Morgan fingerprint density at radius 3 is 2.47 bits per heavy atom. The predicted octanol–water partition coefficient (Wildman–Crippen LogP) is 9.37. The zero-order chi connectivity index (χ0) is 29.9. The summed E-state index contributed by atoms with van der Waals surface area (Å²) in [5.41, 5.74) is 3.97. The van der Waals surface area contributed by atoms with Crippen molar-refractivity contribution in [3.8, 4) is 0 Å². The van der Waals surface area contributed by atoms with Gasteiger partial charge in [0.2, 0.25) is 0 Å². The van der Waals surface area contributed by atoms with Crippen molar-refractivity contribution in [1.82, 2.24) is 5.01 Å². The van der Waals surface area contributed by atoms with Crippen LogP contribution in [0, 0.1) is 5.92 Å². The van der Waals surface area contributed by atoms with Crippen LogP contribution in [0.3, 0.4) is 0 Å². The van der Waals surface area contributed by atoms with Gasteiger partial charge >= 0.3 is 5.97 Å². The van der Waals surface area contributed by atoms with E-state index in [1.165, 1.54) is 16.8 Å². The molecule has 0 spiro atoms. The fraction of sp³-hybridized carbons (Fsp3) is 0.206. The minimum absolute atomic E-state index is 0.0222. The van der Waals surface area contributed by atoms with Gasteiger partial charge in [0.1, 0.15) is 0 Å². The number of benzene rings is 4. The zero-order valence-corrected chi connectivity index (χ0v) is 26.9. The summed E-state index contributed by atoms with van der Waals surface area (Å²) < 4.78 is 6.41.